The van der Waals surface area contributed by atoms with Crippen LogP contribution in [0, 0.1) is 5.92 Å². The number of anilines is 1. The number of hydrogen-bond donors (Lipinski definition) is 2. The van der Waals surface area contributed by atoms with Crippen LogP contribution < -0.4 is 10.0 Å². The van der Waals surface area contributed by atoms with E-state index in [-0.39, 0.29) is 32.8 Å². The van der Waals surface area contributed by atoms with Crippen molar-refractivity contribution in [1.82, 2.24) is 14.9 Å². The first-order valence-electron chi connectivity index (χ1n) is 8.73. The lowest BCUT2D eigenvalue weighted by Gasteiger charge is -2.28. The molecule has 1 atom stereocenters. The van der Waals surface area contributed by atoms with Crippen LogP contribution in [-0.2, 0) is 20.2 Å². The van der Waals surface area contributed by atoms with Crippen LogP contribution >= 0.6 is 11.3 Å². The van der Waals surface area contributed by atoms with Gasteiger partial charge in [-0.25, -0.2) is 13.1 Å². The van der Waals surface area contributed by atoms with Crippen molar-refractivity contribution < 1.29 is 13.2 Å². The van der Waals surface area contributed by atoms with Gasteiger partial charge in [-0.15, -0.1) is 10.2 Å². The standard InChI is InChI=1S/C18H26N4O3S2/c1-12(2)15(23)19-16-20-21-17(26-16)27(24,25)22-13(3)11-18(4,5)14-9-7-6-8-10-14/h6-10,12-13,22H,11H2,1-5H3,(H,19,20,23)/t13-/m1/s1. The summed E-state index contributed by atoms with van der Waals surface area (Å²) in [5, 5.41) is 10.2. The molecular formula is C18H26N4O3S2. The summed E-state index contributed by atoms with van der Waals surface area (Å²) >= 11 is 0.837. The average molecular weight is 411 g/mol. The minimum absolute atomic E-state index is 0.161. The molecule has 7 nitrogen and oxygen atoms in total. The highest BCUT2D eigenvalue weighted by Gasteiger charge is 2.28. The summed E-state index contributed by atoms with van der Waals surface area (Å²) in [6.45, 7) is 9.47. The molecule has 1 aromatic heterocycles. The van der Waals surface area contributed by atoms with Crippen LogP contribution in [0.15, 0.2) is 34.7 Å². The second-order valence-electron chi connectivity index (χ2n) is 7.49. The fraction of sp³-hybridized carbons (Fsp3) is 0.500. The van der Waals surface area contributed by atoms with Gasteiger partial charge in [0, 0.05) is 12.0 Å². The van der Waals surface area contributed by atoms with Crippen molar-refractivity contribution in [1.29, 1.82) is 0 Å². The summed E-state index contributed by atoms with van der Waals surface area (Å²) in [6.07, 6.45) is 0.617. The van der Waals surface area contributed by atoms with Gasteiger partial charge >= 0.3 is 0 Å². The lowest BCUT2D eigenvalue weighted by atomic mass is 9.79. The van der Waals surface area contributed by atoms with Gasteiger partial charge in [-0.05, 0) is 24.3 Å². The van der Waals surface area contributed by atoms with Crippen molar-refractivity contribution in [2.75, 3.05) is 5.32 Å². The highest BCUT2D eigenvalue weighted by molar-refractivity contribution is 7.91. The van der Waals surface area contributed by atoms with Gasteiger partial charge < -0.3 is 5.32 Å². The van der Waals surface area contributed by atoms with E-state index in [9.17, 15) is 13.2 Å². The Bertz CT molecular complexity index is 877. The summed E-state index contributed by atoms with van der Waals surface area (Å²) in [7, 11) is -3.81. The highest BCUT2D eigenvalue weighted by atomic mass is 32.2. The molecule has 0 saturated heterocycles. The molecule has 0 radical (unpaired) electrons. The van der Waals surface area contributed by atoms with E-state index in [0.717, 1.165) is 16.9 Å². The third-order valence-corrected chi connectivity index (χ3v) is 6.91. The van der Waals surface area contributed by atoms with Crippen LogP contribution in [0.4, 0.5) is 5.13 Å². The number of nitrogens with one attached hydrogen (secondary N) is 2. The molecule has 148 valence electrons. The van der Waals surface area contributed by atoms with Crippen LogP contribution in [0.5, 0.6) is 0 Å². The molecule has 9 heteroatoms. The largest absolute Gasteiger partial charge is 0.300 e. The summed E-state index contributed by atoms with van der Waals surface area (Å²) in [4.78, 5) is 11.7. The van der Waals surface area contributed by atoms with E-state index in [2.05, 4.69) is 34.1 Å². The first-order chi connectivity index (χ1) is 12.5. The second kappa shape index (κ2) is 8.45. The van der Waals surface area contributed by atoms with Crippen LogP contribution in [0.1, 0.15) is 46.6 Å². The predicted octanol–water partition coefficient (Wildman–Crippen LogP) is 3.17. The smallest absolute Gasteiger partial charge is 0.270 e. The molecule has 0 spiro atoms. The van der Waals surface area contributed by atoms with Crippen molar-refractivity contribution in [3.63, 3.8) is 0 Å². The van der Waals surface area contributed by atoms with Crippen molar-refractivity contribution in [3.05, 3.63) is 35.9 Å². The Kier molecular flexibility index (Phi) is 6.72. The SMILES string of the molecule is CC(C)C(=O)Nc1nnc(S(=O)(=O)N[C@H](C)CC(C)(C)c2ccccc2)s1. The quantitative estimate of drug-likeness (QED) is 0.651. The Labute approximate surface area is 164 Å². The molecule has 0 saturated carbocycles. The molecule has 1 amide bonds. The van der Waals surface area contributed by atoms with E-state index in [1.807, 2.05) is 37.3 Å². The monoisotopic (exact) mass is 410 g/mol. The number of benzene rings is 1. The van der Waals surface area contributed by atoms with Gasteiger partial charge in [0.1, 0.15) is 0 Å². The zero-order valence-corrected chi connectivity index (χ0v) is 17.8. The number of aromatic nitrogens is 2. The number of carbonyl (C=O) groups excluding carboxylic acids is 1. The Morgan fingerprint density at radius 3 is 2.37 bits per heavy atom. The van der Waals surface area contributed by atoms with Crippen LogP contribution in [-0.4, -0.2) is 30.6 Å². The first kappa shape index (κ1) is 21.5. The normalized spacial score (nSPS) is 13.6. The van der Waals surface area contributed by atoms with E-state index in [0.29, 0.717) is 6.42 Å². The van der Waals surface area contributed by atoms with Gasteiger partial charge in [0.25, 0.3) is 10.0 Å². The van der Waals surface area contributed by atoms with Gasteiger partial charge in [-0.3, -0.25) is 4.79 Å². The Hall–Kier alpha value is -1.84. The van der Waals surface area contributed by atoms with E-state index < -0.39 is 10.0 Å². The number of amides is 1. The predicted molar refractivity (Wildman–Crippen MR) is 107 cm³/mol. The zero-order valence-electron chi connectivity index (χ0n) is 16.2. The number of carbonyl (C=O) groups is 1. The van der Waals surface area contributed by atoms with Gasteiger partial charge in [0.15, 0.2) is 0 Å². The third-order valence-electron chi connectivity index (χ3n) is 4.12. The zero-order chi connectivity index (χ0) is 20.2. The van der Waals surface area contributed by atoms with E-state index in [1.54, 1.807) is 13.8 Å². The number of sulfonamides is 1. The number of hydrogen-bond acceptors (Lipinski definition) is 6. The van der Waals surface area contributed by atoms with Crippen molar-refractivity contribution in [2.24, 2.45) is 5.92 Å². The molecule has 27 heavy (non-hydrogen) atoms. The maximum absolute atomic E-state index is 12.6. The minimum atomic E-state index is -3.81. The fourth-order valence-corrected chi connectivity index (χ4v) is 4.91. The fourth-order valence-electron chi connectivity index (χ4n) is 2.75. The lowest BCUT2D eigenvalue weighted by Crippen LogP contribution is -2.37. The highest BCUT2D eigenvalue weighted by Crippen LogP contribution is 2.29. The average Bonchev–Trinajstić information content (AvgIpc) is 3.04. The molecular weight excluding hydrogens is 384 g/mol. The maximum Gasteiger partial charge on any atom is 0.270 e. The second-order valence-corrected chi connectivity index (χ2v) is 10.4. The number of rotatable bonds is 8. The van der Waals surface area contributed by atoms with E-state index in [1.165, 1.54) is 0 Å². The van der Waals surface area contributed by atoms with Crippen molar-refractivity contribution in [3.8, 4) is 0 Å². The van der Waals surface area contributed by atoms with Gasteiger partial charge in [-0.1, -0.05) is 69.4 Å². The van der Waals surface area contributed by atoms with Crippen molar-refractivity contribution >= 4 is 32.4 Å². The first-order valence-corrected chi connectivity index (χ1v) is 11.0. The minimum Gasteiger partial charge on any atom is -0.300 e. The molecule has 1 aromatic carbocycles. The van der Waals surface area contributed by atoms with Crippen LogP contribution in [0.3, 0.4) is 0 Å². The summed E-state index contributed by atoms with van der Waals surface area (Å²) in [6, 6.07) is 9.67. The molecule has 0 aliphatic heterocycles. The van der Waals surface area contributed by atoms with Gasteiger partial charge in [-0.2, -0.15) is 0 Å². The van der Waals surface area contributed by atoms with Crippen LogP contribution in [0.2, 0.25) is 0 Å². The molecule has 1 heterocycles. The number of nitrogens with zero attached hydrogens (tertiary/aromatic N) is 2. The molecule has 0 unspecified atom stereocenters. The topological polar surface area (TPSA) is 101 Å². The summed E-state index contributed by atoms with van der Waals surface area (Å²) < 4.78 is 27.7. The molecule has 0 fully saturated rings. The summed E-state index contributed by atoms with van der Waals surface area (Å²) in [5.74, 6) is -0.464. The lowest BCUT2D eigenvalue weighted by molar-refractivity contribution is -0.118. The molecule has 2 aromatic rings. The maximum atomic E-state index is 12.6. The Balaban J connectivity index is 2.05. The van der Waals surface area contributed by atoms with Gasteiger partial charge in [0.2, 0.25) is 15.4 Å². The molecule has 0 aliphatic carbocycles. The molecule has 2 N–H and O–H groups in total. The van der Waals surface area contributed by atoms with Gasteiger partial charge in [0.05, 0.1) is 0 Å². The van der Waals surface area contributed by atoms with Crippen molar-refractivity contribution in [2.45, 2.75) is 56.8 Å². The molecule has 0 bridgehead atoms. The molecule has 0 aliphatic rings. The Morgan fingerprint density at radius 1 is 1.15 bits per heavy atom. The van der Waals surface area contributed by atoms with Crippen LogP contribution in [0.25, 0.3) is 0 Å². The summed E-state index contributed by atoms with van der Waals surface area (Å²) in [5.41, 5.74) is 0.950. The van der Waals surface area contributed by atoms with E-state index >= 15 is 0 Å². The third kappa shape index (κ3) is 5.82. The van der Waals surface area contributed by atoms with E-state index in [4.69, 9.17) is 0 Å². The Morgan fingerprint density at radius 2 is 1.78 bits per heavy atom. The molecule has 2 rings (SSSR count).